The number of piperidine rings is 1. The van der Waals surface area contributed by atoms with E-state index in [9.17, 15) is 9.59 Å². The van der Waals surface area contributed by atoms with E-state index in [0.29, 0.717) is 29.1 Å². The van der Waals surface area contributed by atoms with Crippen molar-refractivity contribution in [3.63, 3.8) is 0 Å². The zero-order chi connectivity index (χ0) is 24.7. The lowest BCUT2D eigenvalue weighted by Crippen LogP contribution is -2.58. The highest BCUT2D eigenvalue weighted by atomic mass is 35.5. The first-order valence-corrected chi connectivity index (χ1v) is 12.9. The highest BCUT2D eigenvalue weighted by Crippen LogP contribution is 2.36. The molecule has 7 nitrogen and oxygen atoms in total. The Kier molecular flexibility index (Phi) is 7.93. The first-order valence-electron chi connectivity index (χ1n) is 12.9. The number of hydrogen-bond donors (Lipinski definition) is 3. The molecule has 2 saturated heterocycles. The number of pyridine rings is 1. The monoisotopic (exact) mass is 511 g/mol. The van der Waals surface area contributed by atoms with Crippen LogP contribution in [0.3, 0.4) is 0 Å². The molecule has 3 N–H and O–H groups in total. The highest BCUT2D eigenvalue weighted by molar-refractivity contribution is 6.08. The molecule has 0 spiro atoms. The van der Waals surface area contributed by atoms with Gasteiger partial charge in [-0.1, -0.05) is 18.2 Å². The molecule has 5 rings (SSSR count). The minimum Gasteiger partial charge on any atom is -0.348 e. The summed E-state index contributed by atoms with van der Waals surface area (Å²) in [6, 6.07) is 11.2. The summed E-state index contributed by atoms with van der Waals surface area (Å²) >= 11 is 0. The molecule has 0 saturated carbocycles. The predicted octanol–water partition coefficient (Wildman–Crippen LogP) is 3.85. The summed E-state index contributed by atoms with van der Waals surface area (Å²) in [6.45, 7) is 12.9. The molecule has 4 heterocycles. The van der Waals surface area contributed by atoms with Gasteiger partial charge in [-0.15, -0.1) is 12.4 Å². The molecule has 1 aromatic carbocycles. The lowest BCUT2D eigenvalue weighted by Gasteiger charge is -2.43. The molecule has 3 aromatic rings. The van der Waals surface area contributed by atoms with E-state index >= 15 is 0 Å². The number of aromatic nitrogens is 2. The average Bonchev–Trinajstić information content (AvgIpc) is 3.09. The summed E-state index contributed by atoms with van der Waals surface area (Å²) in [5.41, 5.74) is 5.00. The average molecular weight is 512 g/mol. The maximum absolute atomic E-state index is 13.5. The van der Waals surface area contributed by atoms with Crippen molar-refractivity contribution in [2.45, 2.75) is 59.2 Å². The van der Waals surface area contributed by atoms with Crippen molar-refractivity contribution in [2.24, 2.45) is 5.92 Å². The van der Waals surface area contributed by atoms with Gasteiger partial charge in [-0.2, -0.15) is 0 Å². The Balaban J connectivity index is 0.00000304. The van der Waals surface area contributed by atoms with Crippen LogP contribution in [0.4, 0.5) is 0 Å². The van der Waals surface area contributed by atoms with Crippen LogP contribution in [-0.4, -0.2) is 52.6 Å². The van der Waals surface area contributed by atoms with Crippen LogP contribution < -0.4 is 16.2 Å². The Hall–Kier alpha value is -2.61. The third-order valence-electron chi connectivity index (χ3n) is 8.24. The fourth-order valence-electron chi connectivity index (χ4n) is 6.07. The number of benzene rings is 1. The first-order chi connectivity index (χ1) is 16.8. The molecule has 0 bridgehead atoms. The predicted molar refractivity (Wildman–Crippen MR) is 147 cm³/mol. The number of fused-ring (bicyclic) bond motifs is 1. The minimum absolute atomic E-state index is 0. The molecule has 2 fully saturated rings. The van der Waals surface area contributed by atoms with Gasteiger partial charge in [0.2, 0.25) is 0 Å². The zero-order valence-corrected chi connectivity index (χ0v) is 22.5. The molecule has 2 aliphatic heterocycles. The van der Waals surface area contributed by atoms with Crippen molar-refractivity contribution < 1.29 is 4.79 Å². The van der Waals surface area contributed by atoms with Crippen LogP contribution in [-0.2, 0) is 6.54 Å². The maximum Gasteiger partial charge on any atom is 0.254 e. The number of nitrogens with one attached hydrogen (secondary N) is 3. The summed E-state index contributed by atoms with van der Waals surface area (Å²) in [6.07, 6.45) is 2.36. The van der Waals surface area contributed by atoms with E-state index in [-0.39, 0.29) is 30.4 Å². The summed E-state index contributed by atoms with van der Waals surface area (Å²) in [5.74, 6) is 0.454. The minimum atomic E-state index is -0.139. The quantitative estimate of drug-likeness (QED) is 0.469. The Morgan fingerprint density at radius 1 is 1.14 bits per heavy atom. The molecule has 0 radical (unpaired) electrons. The highest BCUT2D eigenvalue weighted by Gasteiger charge is 2.32. The summed E-state index contributed by atoms with van der Waals surface area (Å²) in [4.78, 5) is 31.4. The second kappa shape index (κ2) is 10.8. The molecule has 2 aliphatic rings. The van der Waals surface area contributed by atoms with E-state index in [2.05, 4.69) is 45.0 Å². The van der Waals surface area contributed by atoms with E-state index in [1.165, 1.54) is 12.8 Å². The fourth-order valence-corrected chi connectivity index (χ4v) is 6.07. The van der Waals surface area contributed by atoms with Crippen LogP contribution in [0.1, 0.15) is 58.7 Å². The van der Waals surface area contributed by atoms with Crippen molar-refractivity contribution in [3.05, 3.63) is 68.8 Å². The molecule has 36 heavy (non-hydrogen) atoms. The zero-order valence-electron chi connectivity index (χ0n) is 21.7. The Morgan fingerprint density at radius 3 is 2.47 bits per heavy atom. The Labute approximate surface area is 219 Å². The smallest absolute Gasteiger partial charge is 0.254 e. The lowest BCUT2D eigenvalue weighted by molar-refractivity contribution is 0.0855. The number of nitrogens with zero attached hydrogens (tertiary/aromatic N) is 2. The molecule has 1 atom stereocenters. The summed E-state index contributed by atoms with van der Waals surface area (Å²) in [7, 11) is 0. The van der Waals surface area contributed by atoms with Gasteiger partial charge in [-0.25, -0.2) is 0 Å². The standard InChI is InChI=1S/C28H37N5O2.ClH/c1-17-13-18(2)31-27(34)24(17)16-30-28(35)26-20(4)33(25-8-6-5-7-23(25)26)19(3)21-9-11-32(12-10-21)22-14-29-15-22;/h5-8,13,19,21-22,29H,9-12,14-16H2,1-4H3,(H,30,35)(H,31,34);1H/t19-;/m0./s1. The van der Waals surface area contributed by atoms with Crippen molar-refractivity contribution in [2.75, 3.05) is 26.2 Å². The summed E-state index contributed by atoms with van der Waals surface area (Å²) in [5, 5.41) is 7.39. The number of halogens is 1. The van der Waals surface area contributed by atoms with Gasteiger partial charge in [0, 0.05) is 59.6 Å². The lowest BCUT2D eigenvalue weighted by atomic mass is 9.88. The second-order valence-corrected chi connectivity index (χ2v) is 10.4. The molecular formula is C28H38ClN5O2. The van der Waals surface area contributed by atoms with Gasteiger partial charge in [0.25, 0.3) is 11.5 Å². The van der Waals surface area contributed by atoms with E-state index in [1.807, 2.05) is 38.1 Å². The van der Waals surface area contributed by atoms with Gasteiger partial charge in [0.05, 0.1) is 5.56 Å². The van der Waals surface area contributed by atoms with Gasteiger partial charge in [0.1, 0.15) is 0 Å². The topological polar surface area (TPSA) is 82.2 Å². The van der Waals surface area contributed by atoms with Crippen molar-refractivity contribution in [1.82, 2.24) is 25.1 Å². The number of H-pyrrole nitrogens is 1. The number of carbonyl (C=O) groups excluding carboxylic acids is 1. The van der Waals surface area contributed by atoms with Gasteiger partial charge in [0.15, 0.2) is 0 Å². The van der Waals surface area contributed by atoms with E-state index in [4.69, 9.17) is 0 Å². The molecule has 2 aromatic heterocycles. The summed E-state index contributed by atoms with van der Waals surface area (Å²) < 4.78 is 2.37. The number of hydrogen-bond acceptors (Lipinski definition) is 4. The van der Waals surface area contributed by atoms with E-state index in [0.717, 1.165) is 54.0 Å². The number of likely N-dealkylation sites (tertiary alicyclic amines) is 1. The number of aromatic amines is 1. The largest absolute Gasteiger partial charge is 0.348 e. The van der Waals surface area contributed by atoms with Crippen LogP contribution in [0.25, 0.3) is 10.9 Å². The normalized spacial score (nSPS) is 18.0. The van der Waals surface area contributed by atoms with Crippen LogP contribution in [0.5, 0.6) is 0 Å². The number of carbonyl (C=O) groups is 1. The van der Waals surface area contributed by atoms with Crippen LogP contribution in [0.2, 0.25) is 0 Å². The van der Waals surface area contributed by atoms with Crippen molar-refractivity contribution in [1.29, 1.82) is 0 Å². The Bertz CT molecular complexity index is 1300. The van der Waals surface area contributed by atoms with Crippen LogP contribution in [0, 0.1) is 26.7 Å². The van der Waals surface area contributed by atoms with Gasteiger partial charge in [-0.3, -0.25) is 14.5 Å². The van der Waals surface area contributed by atoms with Crippen molar-refractivity contribution in [3.8, 4) is 0 Å². The molecule has 0 aliphatic carbocycles. The van der Waals surface area contributed by atoms with Gasteiger partial charge >= 0.3 is 0 Å². The van der Waals surface area contributed by atoms with E-state index < -0.39 is 0 Å². The van der Waals surface area contributed by atoms with E-state index in [1.54, 1.807) is 0 Å². The van der Waals surface area contributed by atoms with Gasteiger partial charge in [-0.05, 0) is 77.2 Å². The number of aryl methyl sites for hydroxylation is 2. The molecule has 0 unspecified atom stereocenters. The SMILES string of the molecule is Cc1cc(C)c(CNC(=O)c2c(C)n([C@@H](C)C3CCN(C4CNC4)CC3)c3ccccc23)c(=O)[nH]1.Cl. The second-order valence-electron chi connectivity index (χ2n) is 10.4. The molecule has 8 heteroatoms. The van der Waals surface area contributed by atoms with Crippen LogP contribution in [0.15, 0.2) is 35.1 Å². The number of para-hydroxylation sites is 1. The Morgan fingerprint density at radius 2 is 1.83 bits per heavy atom. The third-order valence-corrected chi connectivity index (χ3v) is 8.24. The molecular weight excluding hydrogens is 474 g/mol. The third kappa shape index (κ3) is 4.84. The fraction of sp³-hybridized carbons (Fsp3) is 0.500. The van der Waals surface area contributed by atoms with Crippen LogP contribution >= 0.6 is 12.4 Å². The maximum atomic E-state index is 13.5. The molecule has 194 valence electrons. The van der Waals surface area contributed by atoms with Crippen molar-refractivity contribution >= 4 is 29.2 Å². The molecule has 1 amide bonds. The number of amides is 1. The first kappa shape index (κ1) is 26.5. The van der Waals surface area contributed by atoms with Gasteiger partial charge < -0.3 is 20.2 Å². The number of rotatable bonds is 6.